The van der Waals surface area contributed by atoms with Gasteiger partial charge in [-0.25, -0.2) is 9.37 Å². The minimum atomic E-state index is -0.388. The highest BCUT2D eigenvalue weighted by molar-refractivity contribution is 7.99. The van der Waals surface area contributed by atoms with E-state index < -0.39 is 0 Å². The fourth-order valence-electron chi connectivity index (χ4n) is 4.98. The topological polar surface area (TPSA) is 61.2 Å². The number of nitrogens with zero attached hydrogens (tertiary/aromatic N) is 2. The summed E-state index contributed by atoms with van der Waals surface area (Å²) >= 11 is 2.84. The molecular formula is C30H31FN2O3S2. The number of Topliss-reactive ketones (excluding diaryl/α,β-unsaturated/α-hetero) is 1. The SMILES string of the molecule is CCOc1ccc(-n2c(SCC(=O)c3ccc(F)cc3)nc3sc4c(c3c2=O)CCC(C(C)(C)C)C4)cc1. The first kappa shape index (κ1) is 26.6. The molecule has 1 unspecified atom stereocenters. The van der Waals surface area contributed by atoms with Gasteiger partial charge in [0, 0.05) is 10.4 Å². The Balaban J connectivity index is 1.57. The van der Waals surface area contributed by atoms with Crippen molar-refractivity contribution >= 4 is 39.1 Å². The van der Waals surface area contributed by atoms with Gasteiger partial charge in [0.25, 0.3) is 5.56 Å². The molecule has 2 aromatic carbocycles. The number of thiophene rings is 1. The number of carbonyl (C=O) groups excluding carboxylic acids is 1. The molecule has 1 aliphatic rings. The first-order chi connectivity index (χ1) is 18.2. The number of rotatable bonds is 7. The summed E-state index contributed by atoms with van der Waals surface area (Å²) in [5.74, 6) is 0.818. The number of fused-ring (bicyclic) bond motifs is 3. The van der Waals surface area contributed by atoms with Crippen molar-refractivity contribution in [2.75, 3.05) is 12.4 Å². The van der Waals surface area contributed by atoms with Gasteiger partial charge in [-0.1, -0.05) is 32.5 Å². The fourth-order valence-corrected chi connectivity index (χ4v) is 7.23. The van der Waals surface area contributed by atoms with Crippen LogP contribution in [0.1, 0.15) is 54.9 Å². The van der Waals surface area contributed by atoms with Gasteiger partial charge in [0.15, 0.2) is 10.9 Å². The summed E-state index contributed by atoms with van der Waals surface area (Å²) in [5, 5.41) is 1.16. The molecule has 0 N–H and O–H groups in total. The summed E-state index contributed by atoms with van der Waals surface area (Å²) in [6.07, 6.45) is 2.87. The van der Waals surface area contributed by atoms with Crippen LogP contribution in [0.5, 0.6) is 5.75 Å². The fraction of sp³-hybridized carbons (Fsp3) is 0.367. The number of halogens is 1. The van der Waals surface area contributed by atoms with E-state index in [4.69, 9.17) is 9.72 Å². The highest BCUT2D eigenvalue weighted by Crippen LogP contribution is 2.42. The Kier molecular flexibility index (Phi) is 7.47. The Morgan fingerprint density at radius 1 is 1.16 bits per heavy atom. The maximum absolute atomic E-state index is 14.1. The summed E-state index contributed by atoms with van der Waals surface area (Å²) in [6.45, 7) is 9.31. The number of hydrogen-bond donors (Lipinski definition) is 0. The first-order valence-corrected chi connectivity index (χ1v) is 14.7. The average molecular weight is 551 g/mol. The van der Waals surface area contributed by atoms with E-state index >= 15 is 0 Å². The van der Waals surface area contributed by atoms with Crippen LogP contribution >= 0.6 is 23.1 Å². The van der Waals surface area contributed by atoms with E-state index in [0.29, 0.717) is 34.3 Å². The van der Waals surface area contributed by atoms with Gasteiger partial charge in [0.05, 0.1) is 23.4 Å². The van der Waals surface area contributed by atoms with Crippen LogP contribution in [0.4, 0.5) is 4.39 Å². The van der Waals surface area contributed by atoms with Gasteiger partial charge >= 0.3 is 0 Å². The minimum Gasteiger partial charge on any atom is -0.494 e. The Labute approximate surface area is 230 Å². The van der Waals surface area contributed by atoms with Crippen LogP contribution in [0.15, 0.2) is 58.5 Å². The van der Waals surface area contributed by atoms with Gasteiger partial charge < -0.3 is 4.74 Å². The lowest BCUT2D eigenvalue weighted by atomic mass is 9.72. The van der Waals surface area contributed by atoms with Crippen molar-refractivity contribution in [2.24, 2.45) is 11.3 Å². The van der Waals surface area contributed by atoms with E-state index in [1.807, 2.05) is 31.2 Å². The highest BCUT2D eigenvalue weighted by Gasteiger charge is 2.32. The zero-order chi connectivity index (χ0) is 27.0. The van der Waals surface area contributed by atoms with Crippen LogP contribution in [0, 0.1) is 17.2 Å². The lowest BCUT2D eigenvalue weighted by Crippen LogP contribution is -2.27. The quantitative estimate of drug-likeness (QED) is 0.139. The van der Waals surface area contributed by atoms with Crippen LogP contribution in [-0.4, -0.2) is 27.7 Å². The molecule has 8 heteroatoms. The first-order valence-electron chi connectivity index (χ1n) is 12.9. The molecule has 0 spiro atoms. The number of aryl methyl sites for hydroxylation is 1. The van der Waals surface area contributed by atoms with Crippen LogP contribution in [0.25, 0.3) is 15.9 Å². The second-order valence-corrected chi connectivity index (χ2v) is 12.7. The molecule has 2 heterocycles. The number of aromatic nitrogens is 2. The van der Waals surface area contributed by atoms with E-state index in [9.17, 15) is 14.0 Å². The molecule has 1 aliphatic carbocycles. The molecule has 0 amide bonds. The molecule has 5 nitrogen and oxygen atoms in total. The monoisotopic (exact) mass is 550 g/mol. The Morgan fingerprint density at radius 2 is 1.87 bits per heavy atom. The lowest BCUT2D eigenvalue weighted by molar-refractivity contribution is 0.102. The van der Waals surface area contributed by atoms with Gasteiger partial charge in [-0.15, -0.1) is 11.3 Å². The normalized spacial score (nSPS) is 15.4. The average Bonchev–Trinajstić information content (AvgIpc) is 3.26. The number of hydrogen-bond acceptors (Lipinski definition) is 6. The van der Waals surface area contributed by atoms with Crippen LogP contribution in [0.2, 0.25) is 0 Å². The number of carbonyl (C=O) groups is 1. The largest absolute Gasteiger partial charge is 0.494 e. The molecule has 0 radical (unpaired) electrons. The van der Waals surface area contributed by atoms with Crippen LogP contribution < -0.4 is 10.3 Å². The summed E-state index contributed by atoms with van der Waals surface area (Å²) in [6, 6.07) is 12.9. The number of ether oxygens (including phenoxy) is 1. The standard InChI is InChI=1S/C30H31FN2O3S2/c1-5-36-22-13-11-21(12-14-22)33-28(35)26-23-15-8-19(30(2,3)4)16-25(23)38-27(26)32-29(33)37-17-24(34)18-6-9-20(31)10-7-18/h6-7,9-14,19H,5,8,15-17H2,1-4H3. The molecule has 0 bridgehead atoms. The summed E-state index contributed by atoms with van der Waals surface area (Å²) in [5.41, 5.74) is 2.32. The minimum absolute atomic E-state index is 0.0811. The van der Waals surface area contributed by atoms with Gasteiger partial charge in [0.1, 0.15) is 16.4 Å². The molecule has 38 heavy (non-hydrogen) atoms. The molecule has 0 saturated carbocycles. The van der Waals surface area contributed by atoms with E-state index in [1.165, 1.54) is 40.9 Å². The molecule has 4 aromatic rings. The zero-order valence-corrected chi connectivity index (χ0v) is 23.7. The summed E-state index contributed by atoms with van der Waals surface area (Å²) in [4.78, 5) is 33.9. The Bertz CT molecular complexity index is 1530. The maximum atomic E-state index is 14.1. The third-order valence-electron chi connectivity index (χ3n) is 7.18. The Hall–Kier alpha value is -2.97. The second kappa shape index (κ2) is 10.7. The van der Waals surface area contributed by atoms with Crippen molar-refractivity contribution < 1.29 is 13.9 Å². The lowest BCUT2D eigenvalue weighted by Gasteiger charge is -2.33. The number of ketones is 1. The Morgan fingerprint density at radius 3 is 2.53 bits per heavy atom. The maximum Gasteiger partial charge on any atom is 0.267 e. The van der Waals surface area contributed by atoms with Gasteiger partial charge in [-0.05, 0) is 91.6 Å². The molecule has 0 aliphatic heterocycles. The van der Waals surface area contributed by atoms with E-state index in [-0.39, 0.29) is 28.3 Å². The van der Waals surface area contributed by atoms with Crippen molar-refractivity contribution in [2.45, 2.75) is 52.1 Å². The van der Waals surface area contributed by atoms with E-state index in [2.05, 4.69) is 20.8 Å². The third-order valence-corrected chi connectivity index (χ3v) is 9.27. The van der Waals surface area contributed by atoms with Gasteiger partial charge in [0.2, 0.25) is 0 Å². The molecular weight excluding hydrogens is 519 g/mol. The molecule has 1 atom stereocenters. The second-order valence-electron chi connectivity index (χ2n) is 10.7. The highest BCUT2D eigenvalue weighted by atomic mass is 32.2. The third kappa shape index (κ3) is 5.29. The van der Waals surface area contributed by atoms with Crippen molar-refractivity contribution in [1.82, 2.24) is 9.55 Å². The van der Waals surface area contributed by atoms with Crippen molar-refractivity contribution in [3.63, 3.8) is 0 Å². The van der Waals surface area contributed by atoms with Gasteiger partial charge in [-0.3, -0.25) is 14.2 Å². The molecule has 198 valence electrons. The van der Waals surface area contributed by atoms with Crippen LogP contribution in [0.3, 0.4) is 0 Å². The zero-order valence-electron chi connectivity index (χ0n) is 22.0. The smallest absolute Gasteiger partial charge is 0.267 e. The van der Waals surface area contributed by atoms with Gasteiger partial charge in [-0.2, -0.15) is 0 Å². The number of benzene rings is 2. The predicted molar refractivity (Wildman–Crippen MR) is 153 cm³/mol. The number of thioether (sulfide) groups is 1. The predicted octanol–water partition coefficient (Wildman–Crippen LogP) is 7.11. The molecule has 0 saturated heterocycles. The molecule has 0 fully saturated rings. The van der Waals surface area contributed by atoms with E-state index in [1.54, 1.807) is 15.9 Å². The van der Waals surface area contributed by atoms with Crippen molar-refractivity contribution in [1.29, 1.82) is 0 Å². The van der Waals surface area contributed by atoms with Crippen molar-refractivity contribution in [3.05, 3.63) is 80.7 Å². The van der Waals surface area contributed by atoms with E-state index in [0.717, 1.165) is 35.4 Å². The summed E-state index contributed by atoms with van der Waals surface area (Å²) in [7, 11) is 0. The van der Waals surface area contributed by atoms with Crippen LogP contribution in [-0.2, 0) is 12.8 Å². The summed E-state index contributed by atoms with van der Waals surface area (Å²) < 4.78 is 20.5. The molecule has 2 aromatic heterocycles. The van der Waals surface area contributed by atoms with Crippen molar-refractivity contribution in [3.8, 4) is 11.4 Å². The molecule has 5 rings (SSSR count).